The standard InChI is InChI=1S/C18H18ClNO3/c1-13-3-9-17(16(20-13)8-10-18(21)22-2)23-12-11-14-4-6-15(19)7-5-14/h3-10H,11-12H2,1-2H3/b10-8+. The zero-order valence-corrected chi connectivity index (χ0v) is 13.8. The summed E-state index contributed by atoms with van der Waals surface area (Å²) < 4.78 is 10.4. The number of rotatable bonds is 6. The Morgan fingerprint density at radius 1 is 1.22 bits per heavy atom. The summed E-state index contributed by atoms with van der Waals surface area (Å²) in [7, 11) is 1.33. The zero-order valence-electron chi connectivity index (χ0n) is 13.1. The molecule has 0 amide bonds. The van der Waals surface area contributed by atoms with Crippen LogP contribution in [0.2, 0.25) is 5.02 Å². The molecule has 2 aromatic rings. The number of hydrogen-bond acceptors (Lipinski definition) is 4. The highest BCUT2D eigenvalue weighted by Crippen LogP contribution is 2.19. The molecule has 0 bridgehead atoms. The van der Waals surface area contributed by atoms with Gasteiger partial charge in [-0.15, -0.1) is 0 Å². The van der Waals surface area contributed by atoms with E-state index in [0.29, 0.717) is 23.1 Å². The van der Waals surface area contributed by atoms with Gasteiger partial charge >= 0.3 is 5.97 Å². The summed E-state index contributed by atoms with van der Waals surface area (Å²) in [6.07, 6.45) is 3.68. The molecule has 23 heavy (non-hydrogen) atoms. The van der Waals surface area contributed by atoms with Crippen molar-refractivity contribution in [3.8, 4) is 5.75 Å². The van der Waals surface area contributed by atoms with E-state index in [1.165, 1.54) is 13.2 Å². The van der Waals surface area contributed by atoms with E-state index in [1.807, 2.05) is 43.3 Å². The lowest BCUT2D eigenvalue weighted by atomic mass is 10.2. The molecule has 0 aliphatic rings. The number of benzene rings is 1. The molecule has 0 aliphatic heterocycles. The van der Waals surface area contributed by atoms with Crippen molar-refractivity contribution >= 4 is 23.6 Å². The first-order valence-corrected chi connectivity index (χ1v) is 7.57. The van der Waals surface area contributed by atoms with E-state index in [2.05, 4.69) is 9.72 Å². The quantitative estimate of drug-likeness (QED) is 0.596. The van der Waals surface area contributed by atoms with Crippen molar-refractivity contribution in [2.75, 3.05) is 13.7 Å². The number of esters is 1. The Morgan fingerprint density at radius 3 is 2.65 bits per heavy atom. The minimum atomic E-state index is -0.430. The van der Waals surface area contributed by atoms with Crippen LogP contribution in [-0.2, 0) is 16.0 Å². The summed E-state index contributed by atoms with van der Waals surface area (Å²) in [5.74, 6) is 0.199. The highest BCUT2D eigenvalue weighted by atomic mass is 35.5. The van der Waals surface area contributed by atoms with E-state index in [1.54, 1.807) is 6.08 Å². The Labute approximate surface area is 140 Å². The molecular weight excluding hydrogens is 314 g/mol. The lowest BCUT2D eigenvalue weighted by Gasteiger charge is -2.09. The average molecular weight is 332 g/mol. The molecule has 0 aliphatic carbocycles. The van der Waals surface area contributed by atoms with Gasteiger partial charge in [0.15, 0.2) is 0 Å². The molecule has 0 saturated carbocycles. The fourth-order valence-corrected chi connectivity index (χ4v) is 2.08. The van der Waals surface area contributed by atoms with Gasteiger partial charge in [0.2, 0.25) is 0 Å². The van der Waals surface area contributed by atoms with Crippen LogP contribution < -0.4 is 4.74 Å². The Morgan fingerprint density at radius 2 is 1.96 bits per heavy atom. The van der Waals surface area contributed by atoms with Crippen LogP contribution in [-0.4, -0.2) is 24.7 Å². The molecule has 1 heterocycles. The van der Waals surface area contributed by atoms with E-state index in [4.69, 9.17) is 16.3 Å². The maximum atomic E-state index is 11.2. The molecule has 0 radical (unpaired) electrons. The minimum absolute atomic E-state index is 0.430. The maximum Gasteiger partial charge on any atom is 0.330 e. The van der Waals surface area contributed by atoms with E-state index >= 15 is 0 Å². The topological polar surface area (TPSA) is 48.4 Å². The van der Waals surface area contributed by atoms with Gasteiger partial charge in [-0.3, -0.25) is 0 Å². The molecule has 0 saturated heterocycles. The number of hydrogen-bond donors (Lipinski definition) is 0. The van der Waals surface area contributed by atoms with Crippen molar-refractivity contribution in [2.45, 2.75) is 13.3 Å². The third kappa shape index (κ3) is 5.42. The van der Waals surface area contributed by atoms with E-state index < -0.39 is 5.97 Å². The summed E-state index contributed by atoms with van der Waals surface area (Å²) in [6, 6.07) is 11.4. The second-order valence-corrected chi connectivity index (χ2v) is 5.35. The van der Waals surface area contributed by atoms with Crippen LogP contribution in [0.1, 0.15) is 17.0 Å². The maximum absolute atomic E-state index is 11.2. The van der Waals surface area contributed by atoms with Crippen molar-refractivity contribution < 1.29 is 14.3 Å². The fourth-order valence-electron chi connectivity index (χ4n) is 1.95. The van der Waals surface area contributed by atoms with Crippen molar-refractivity contribution in [1.82, 2.24) is 4.98 Å². The molecule has 2 rings (SSSR count). The highest BCUT2D eigenvalue weighted by Gasteiger charge is 2.05. The van der Waals surface area contributed by atoms with Crippen molar-refractivity contribution in [1.29, 1.82) is 0 Å². The van der Waals surface area contributed by atoms with Crippen LogP contribution in [0.25, 0.3) is 6.08 Å². The highest BCUT2D eigenvalue weighted by molar-refractivity contribution is 6.30. The van der Waals surface area contributed by atoms with Crippen LogP contribution in [0.5, 0.6) is 5.75 Å². The number of methoxy groups -OCH3 is 1. The van der Waals surface area contributed by atoms with Gasteiger partial charge in [0.05, 0.1) is 13.7 Å². The molecule has 1 aromatic heterocycles. The summed E-state index contributed by atoms with van der Waals surface area (Å²) >= 11 is 5.86. The van der Waals surface area contributed by atoms with Gasteiger partial charge in [0.1, 0.15) is 11.4 Å². The second kappa shape index (κ2) is 8.34. The molecule has 120 valence electrons. The lowest BCUT2D eigenvalue weighted by molar-refractivity contribution is -0.134. The first-order valence-electron chi connectivity index (χ1n) is 7.19. The molecule has 0 atom stereocenters. The van der Waals surface area contributed by atoms with Crippen LogP contribution in [0.3, 0.4) is 0 Å². The third-order valence-corrected chi connectivity index (χ3v) is 3.42. The first kappa shape index (κ1) is 17.0. The van der Waals surface area contributed by atoms with E-state index in [0.717, 1.165) is 17.7 Å². The van der Waals surface area contributed by atoms with E-state index in [9.17, 15) is 4.79 Å². The smallest absolute Gasteiger partial charge is 0.330 e. The average Bonchev–Trinajstić information content (AvgIpc) is 2.56. The largest absolute Gasteiger partial charge is 0.491 e. The predicted molar refractivity (Wildman–Crippen MR) is 90.7 cm³/mol. The van der Waals surface area contributed by atoms with Crippen molar-refractivity contribution in [3.05, 3.63) is 64.4 Å². The Kier molecular flexibility index (Phi) is 6.18. The summed E-state index contributed by atoms with van der Waals surface area (Å²) in [4.78, 5) is 15.6. The summed E-state index contributed by atoms with van der Waals surface area (Å²) in [5.41, 5.74) is 2.59. The van der Waals surface area contributed by atoms with Crippen LogP contribution in [0.15, 0.2) is 42.5 Å². The molecule has 4 nitrogen and oxygen atoms in total. The minimum Gasteiger partial charge on any atom is -0.491 e. The van der Waals surface area contributed by atoms with E-state index in [-0.39, 0.29) is 0 Å². The second-order valence-electron chi connectivity index (χ2n) is 4.92. The van der Waals surface area contributed by atoms with Gasteiger partial charge in [-0.2, -0.15) is 0 Å². The molecule has 0 spiro atoms. The van der Waals surface area contributed by atoms with Crippen LogP contribution in [0.4, 0.5) is 0 Å². The van der Waals surface area contributed by atoms with Gasteiger partial charge in [-0.25, -0.2) is 9.78 Å². The number of aryl methyl sites for hydroxylation is 1. The first-order chi connectivity index (χ1) is 11.1. The molecule has 0 unspecified atom stereocenters. The van der Waals surface area contributed by atoms with Crippen LogP contribution >= 0.6 is 11.6 Å². The molecule has 1 aromatic carbocycles. The van der Waals surface area contributed by atoms with Gasteiger partial charge in [0, 0.05) is 23.2 Å². The Hall–Kier alpha value is -2.33. The Balaban J connectivity index is 2.02. The third-order valence-electron chi connectivity index (χ3n) is 3.17. The normalized spacial score (nSPS) is 10.7. The number of halogens is 1. The number of carbonyl (C=O) groups excluding carboxylic acids is 1. The van der Waals surface area contributed by atoms with Gasteiger partial charge in [0.25, 0.3) is 0 Å². The van der Waals surface area contributed by atoms with Crippen LogP contribution in [0, 0.1) is 6.92 Å². The number of pyridine rings is 1. The Bertz CT molecular complexity index is 696. The fraction of sp³-hybridized carbons (Fsp3) is 0.222. The van der Waals surface area contributed by atoms with Crippen molar-refractivity contribution in [3.63, 3.8) is 0 Å². The van der Waals surface area contributed by atoms with Crippen molar-refractivity contribution in [2.24, 2.45) is 0 Å². The number of aromatic nitrogens is 1. The van der Waals surface area contributed by atoms with Gasteiger partial charge in [-0.1, -0.05) is 23.7 Å². The van der Waals surface area contributed by atoms with Gasteiger partial charge < -0.3 is 9.47 Å². The number of carbonyl (C=O) groups is 1. The molecule has 0 N–H and O–H groups in total. The summed E-state index contributed by atoms with van der Waals surface area (Å²) in [5, 5.41) is 0.715. The summed E-state index contributed by atoms with van der Waals surface area (Å²) in [6.45, 7) is 2.39. The predicted octanol–water partition coefficient (Wildman–Crippen LogP) is 3.85. The SMILES string of the molecule is COC(=O)/C=C/c1nc(C)ccc1OCCc1ccc(Cl)cc1. The monoisotopic (exact) mass is 331 g/mol. The number of ether oxygens (including phenoxy) is 2. The lowest BCUT2D eigenvalue weighted by Crippen LogP contribution is -2.04. The van der Waals surface area contributed by atoms with Gasteiger partial charge in [-0.05, 0) is 42.8 Å². The zero-order chi connectivity index (χ0) is 16.7. The molecular formula is C18H18ClNO3. The number of nitrogens with zero attached hydrogens (tertiary/aromatic N) is 1. The molecule has 5 heteroatoms. The molecule has 0 fully saturated rings.